The fraction of sp³-hybridized carbons (Fsp3) is 0.500. The molecule has 0 saturated heterocycles. The van der Waals surface area contributed by atoms with Crippen molar-refractivity contribution in [3.63, 3.8) is 0 Å². The van der Waals surface area contributed by atoms with Gasteiger partial charge in [0.15, 0.2) is 11.5 Å². The summed E-state index contributed by atoms with van der Waals surface area (Å²) in [6.07, 6.45) is -0.149. The molecular formula is C20H28N3O9-. The lowest BCUT2D eigenvalue weighted by atomic mass is 9.95. The molecule has 12 nitrogen and oxygen atoms in total. The Morgan fingerprint density at radius 3 is 2.19 bits per heavy atom. The van der Waals surface area contributed by atoms with E-state index in [4.69, 9.17) is 0 Å². The molecule has 1 aromatic carbocycles. The third-order valence-corrected chi connectivity index (χ3v) is 4.54. The number of carbonyl (C=O) groups is 4. The first-order valence-electron chi connectivity index (χ1n) is 10.1. The Kier molecular flexibility index (Phi) is 10.9. The summed E-state index contributed by atoms with van der Waals surface area (Å²) in [5.41, 5.74) is -2.57. The van der Waals surface area contributed by atoms with Crippen molar-refractivity contribution in [2.45, 2.75) is 37.7 Å². The second kappa shape index (κ2) is 13.1. The Hall–Kier alpha value is -3.38. The number of nitrogens with one attached hydrogen (secondary N) is 2. The van der Waals surface area contributed by atoms with Gasteiger partial charge in [0.1, 0.15) is 5.60 Å². The zero-order chi connectivity index (χ0) is 24.1. The molecule has 1 unspecified atom stereocenters. The van der Waals surface area contributed by atoms with Gasteiger partial charge in [-0.25, -0.2) is 0 Å². The summed E-state index contributed by atoms with van der Waals surface area (Å²) in [5.74, 6) is -5.69. The molecule has 178 valence electrons. The zero-order valence-electron chi connectivity index (χ0n) is 17.5. The minimum absolute atomic E-state index is 0.233. The third-order valence-electron chi connectivity index (χ3n) is 4.54. The van der Waals surface area contributed by atoms with Crippen LogP contribution in [0.25, 0.3) is 0 Å². The van der Waals surface area contributed by atoms with Crippen LogP contribution in [0.5, 0.6) is 11.5 Å². The van der Waals surface area contributed by atoms with Crippen LogP contribution in [-0.2, 0) is 14.4 Å². The number of phenolic OH excluding ortho intramolecular Hbond substituents is 2. The van der Waals surface area contributed by atoms with Gasteiger partial charge in [-0.1, -0.05) is 0 Å². The van der Waals surface area contributed by atoms with Crippen molar-refractivity contribution >= 4 is 23.8 Å². The summed E-state index contributed by atoms with van der Waals surface area (Å²) in [6.45, 7) is 2.16. The number of rotatable bonds is 15. The lowest BCUT2D eigenvalue weighted by Gasteiger charge is -2.28. The van der Waals surface area contributed by atoms with Crippen LogP contribution >= 0.6 is 0 Å². The third kappa shape index (κ3) is 9.62. The van der Waals surface area contributed by atoms with Crippen molar-refractivity contribution < 1.29 is 50.0 Å². The first kappa shape index (κ1) is 26.7. The predicted octanol–water partition coefficient (Wildman–Crippen LogP) is -4.31. The maximum Gasteiger partial charge on any atom is 0.251 e. The monoisotopic (exact) mass is 454 g/mol. The number of hydrogen-bond donors (Lipinski definition) is 6. The molecule has 1 rings (SSSR count). The minimum atomic E-state index is -2.81. The molecule has 0 aliphatic heterocycles. The molecule has 7 N–H and O–H groups in total. The Morgan fingerprint density at radius 1 is 0.906 bits per heavy atom. The van der Waals surface area contributed by atoms with Gasteiger partial charge in [-0.2, -0.15) is 0 Å². The quantitative estimate of drug-likeness (QED) is 0.111. The van der Waals surface area contributed by atoms with Crippen LogP contribution in [0.2, 0.25) is 0 Å². The van der Waals surface area contributed by atoms with E-state index < -0.39 is 36.3 Å². The van der Waals surface area contributed by atoms with Gasteiger partial charge in [0, 0.05) is 37.5 Å². The van der Waals surface area contributed by atoms with Gasteiger partial charge < -0.3 is 51.1 Å². The molecule has 0 radical (unpaired) electrons. The fourth-order valence-electron chi connectivity index (χ4n) is 2.77. The number of quaternary nitrogens is 1. The van der Waals surface area contributed by atoms with Crippen LogP contribution in [0.4, 0.5) is 0 Å². The Bertz CT molecular complexity index is 816. The Morgan fingerprint density at radius 2 is 1.56 bits per heavy atom. The van der Waals surface area contributed by atoms with E-state index in [0.29, 0.717) is 19.4 Å². The van der Waals surface area contributed by atoms with Crippen molar-refractivity contribution in [1.29, 1.82) is 0 Å². The summed E-state index contributed by atoms with van der Waals surface area (Å²) in [4.78, 5) is 45.0. The number of phenols is 2. The van der Waals surface area contributed by atoms with E-state index in [9.17, 15) is 44.7 Å². The average molecular weight is 454 g/mol. The first-order chi connectivity index (χ1) is 15.0. The Labute approximate surface area is 184 Å². The number of carboxylic acid groups (broad SMARTS) is 2. The van der Waals surface area contributed by atoms with Gasteiger partial charge in [0.25, 0.3) is 5.91 Å². The number of unbranched alkanes of at least 4 members (excludes halogenated alkanes) is 1. The molecule has 0 heterocycles. The summed E-state index contributed by atoms with van der Waals surface area (Å²) < 4.78 is 0. The van der Waals surface area contributed by atoms with Gasteiger partial charge in [-0.15, -0.1) is 0 Å². The number of aliphatic carboxylic acids is 2. The second-order valence-electron chi connectivity index (χ2n) is 7.28. The van der Waals surface area contributed by atoms with Crippen molar-refractivity contribution in [3.8, 4) is 11.5 Å². The van der Waals surface area contributed by atoms with Gasteiger partial charge in [0.05, 0.1) is 25.5 Å². The number of nitrogens with two attached hydrogens (primary N) is 1. The summed E-state index contributed by atoms with van der Waals surface area (Å²) >= 11 is 0. The predicted molar refractivity (Wildman–Crippen MR) is 105 cm³/mol. The van der Waals surface area contributed by atoms with Crippen LogP contribution in [-0.4, -0.2) is 70.9 Å². The normalized spacial score (nSPS) is 12.5. The maximum atomic E-state index is 11.9. The van der Waals surface area contributed by atoms with Gasteiger partial charge in [-0.05, 0) is 31.0 Å². The smallest absolute Gasteiger partial charge is 0.251 e. The molecule has 12 heteroatoms. The van der Waals surface area contributed by atoms with Crippen molar-refractivity contribution in [1.82, 2.24) is 10.6 Å². The van der Waals surface area contributed by atoms with E-state index in [1.165, 1.54) is 18.2 Å². The van der Waals surface area contributed by atoms with Gasteiger partial charge >= 0.3 is 0 Å². The number of benzene rings is 1. The summed E-state index contributed by atoms with van der Waals surface area (Å²) in [5, 5.41) is 56.9. The van der Waals surface area contributed by atoms with Crippen LogP contribution in [0.15, 0.2) is 18.2 Å². The number of amides is 2. The maximum absolute atomic E-state index is 11.9. The summed E-state index contributed by atoms with van der Waals surface area (Å²) in [6, 6.07) is 3.81. The van der Waals surface area contributed by atoms with Crippen LogP contribution in [0, 0.1) is 0 Å². The number of carboxylic acids is 2. The molecule has 0 bridgehead atoms. The Balaban J connectivity index is 2.09. The summed E-state index contributed by atoms with van der Waals surface area (Å²) in [7, 11) is 0. The van der Waals surface area contributed by atoms with Crippen LogP contribution in [0.3, 0.4) is 0 Å². The van der Waals surface area contributed by atoms with Crippen molar-refractivity contribution in [3.05, 3.63) is 23.8 Å². The molecule has 0 saturated carbocycles. The fourth-order valence-corrected chi connectivity index (χ4v) is 2.77. The van der Waals surface area contributed by atoms with Gasteiger partial charge in [-0.3, -0.25) is 9.59 Å². The van der Waals surface area contributed by atoms with Crippen LogP contribution in [0.1, 0.15) is 42.5 Å². The molecular weight excluding hydrogens is 426 g/mol. The van der Waals surface area contributed by atoms with E-state index in [1.54, 1.807) is 0 Å². The van der Waals surface area contributed by atoms with Crippen molar-refractivity contribution in [2.75, 3.05) is 26.2 Å². The van der Waals surface area contributed by atoms with Crippen LogP contribution < -0.4 is 26.2 Å². The minimum Gasteiger partial charge on any atom is -0.550 e. The van der Waals surface area contributed by atoms with E-state index in [0.717, 1.165) is 19.5 Å². The molecule has 0 spiro atoms. The lowest BCUT2D eigenvalue weighted by molar-refractivity contribution is -0.655. The second-order valence-corrected chi connectivity index (χ2v) is 7.28. The molecule has 0 aromatic heterocycles. The van der Waals surface area contributed by atoms with E-state index in [1.807, 2.05) is 5.32 Å². The molecule has 0 aliphatic rings. The number of carbonyl (C=O) groups excluding carboxylic acids is 4. The highest BCUT2D eigenvalue weighted by atomic mass is 16.4. The highest BCUT2D eigenvalue weighted by Crippen LogP contribution is 2.24. The zero-order valence-corrected chi connectivity index (χ0v) is 17.5. The SMILES string of the molecule is O=C([O-])CC(O)(CC(=O)NCCCC[NH2+]CCCNC(=O)c1ccc(O)c(O)c1)C(=O)[O-]. The highest BCUT2D eigenvalue weighted by Gasteiger charge is 2.32. The highest BCUT2D eigenvalue weighted by molar-refractivity contribution is 5.94. The van der Waals surface area contributed by atoms with Gasteiger partial charge in [0.2, 0.25) is 5.91 Å². The number of aromatic hydroxyl groups is 2. The lowest BCUT2D eigenvalue weighted by Crippen LogP contribution is -2.84. The molecule has 0 aliphatic carbocycles. The molecule has 1 aromatic rings. The van der Waals surface area contributed by atoms with E-state index >= 15 is 0 Å². The molecule has 2 amide bonds. The van der Waals surface area contributed by atoms with E-state index in [2.05, 4.69) is 10.6 Å². The van der Waals surface area contributed by atoms with Crippen molar-refractivity contribution in [2.24, 2.45) is 0 Å². The number of aliphatic hydroxyl groups is 1. The molecule has 1 atom stereocenters. The number of hydrogen-bond acceptors (Lipinski definition) is 9. The molecule has 0 fully saturated rings. The average Bonchev–Trinajstić information content (AvgIpc) is 2.70. The largest absolute Gasteiger partial charge is 0.550 e. The molecule has 32 heavy (non-hydrogen) atoms. The topological polar surface area (TPSA) is 216 Å². The first-order valence-corrected chi connectivity index (χ1v) is 10.1. The standard InChI is InChI=1S/C20H29N3O9/c24-14-5-4-13(10-15(14)25)18(29)23-9-3-7-21-6-1-2-8-22-16(26)11-20(32,19(30)31)12-17(27)28/h4-5,10,21,24-25,32H,1-3,6-9,11-12H2,(H,22,26)(H,23,29)(H,27,28)(H,30,31)/p-1. The van der Waals surface area contributed by atoms with E-state index in [-0.39, 0.29) is 29.5 Å².